The van der Waals surface area contributed by atoms with E-state index < -0.39 is 11.7 Å². The van der Waals surface area contributed by atoms with Crippen LogP contribution in [0.1, 0.15) is 38.3 Å². The van der Waals surface area contributed by atoms with Crippen molar-refractivity contribution in [2.24, 2.45) is 0 Å². The zero-order valence-electron chi connectivity index (χ0n) is 19.7. The number of nitrogens with zero attached hydrogens (tertiary/aromatic N) is 3. The number of halogens is 3. The number of benzene rings is 2. The lowest BCUT2D eigenvalue weighted by atomic mass is 10.1. The van der Waals surface area contributed by atoms with Gasteiger partial charge in [0.1, 0.15) is 5.82 Å². The first kappa shape index (κ1) is 25.2. The Morgan fingerprint density at radius 2 is 1.53 bits per heavy atom. The first-order valence-corrected chi connectivity index (χ1v) is 11.8. The number of anilines is 1. The average molecular weight is 497 g/mol. The Hall–Kier alpha value is -3.88. The SMILES string of the molecule is O=C(NCCCc1ccccc1)c1ccc(N2CCN(C(=O)c3ccc(C(F)(F)F)cc3)CC2)nc1. The Morgan fingerprint density at radius 1 is 0.861 bits per heavy atom. The van der Waals surface area contributed by atoms with Crippen molar-refractivity contribution in [3.05, 3.63) is 95.2 Å². The molecule has 3 aromatic rings. The molecular formula is C27H27F3N4O2. The average Bonchev–Trinajstić information content (AvgIpc) is 2.91. The number of aryl methyl sites for hydroxylation is 1. The van der Waals surface area contributed by atoms with Gasteiger partial charge in [0.05, 0.1) is 11.1 Å². The maximum atomic E-state index is 12.7. The van der Waals surface area contributed by atoms with E-state index in [-0.39, 0.29) is 17.4 Å². The summed E-state index contributed by atoms with van der Waals surface area (Å²) in [6, 6.07) is 17.9. The minimum atomic E-state index is -4.43. The molecule has 4 rings (SSSR count). The molecule has 1 fully saturated rings. The minimum absolute atomic E-state index is 0.172. The molecule has 1 N–H and O–H groups in total. The second-order valence-corrected chi connectivity index (χ2v) is 8.60. The van der Waals surface area contributed by atoms with Crippen molar-refractivity contribution in [1.82, 2.24) is 15.2 Å². The predicted molar refractivity (Wildman–Crippen MR) is 131 cm³/mol. The van der Waals surface area contributed by atoms with Crippen molar-refractivity contribution in [2.75, 3.05) is 37.6 Å². The van der Waals surface area contributed by atoms with Gasteiger partial charge in [-0.2, -0.15) is 13.2 Å². The lowest BCUT2D eigenvalue weighted by Crippen LogP contribution is -2.49. The highest BCUT2D eigenvalue weighted by atomic mass is 19.4. The zero-order chi connectivity index (χ0) is 25.5. The molecule has 2 heterocycles. The summed E-state index contributed by atoms with van der Waals surface area (Å²) in [5, 5.41) is 2.91. The highest BCUT2D eigenvalue weighted by molar-refractivity contribution is 5.95. The van der Waals surface area contributed by atoms with Gasteiger partial charge in [0, 0.05) is 44.5 Å². The van der Waals surface area contributed by atoms with E-state index in [2.05, 4.69) is 22.4 Å². The quantitative estimate of drug-likeness (QED) is 0.492. The summed E-state index contributed by atoms with van der Waals surface area (Å²) in [4.78, 5) is 33.1. The first-order chi connectivity index (χ1) is 17.3. The summed E-state index contributed by atoms with van der Waals surface area (Å²) < 4.78 is 38.2. The third-order valence-corrected chi connectivity index (χ3v) is 6.13. The molecule has 2 aromatic carbocycles. The molecule has 1 aliphatic heterocycles. The molecule has 0 saturated carbocycles. The lowest BCUT2D eigenvalue weighted by molar-refractivity contribution is -0.137. The lowest BCUT2D eigenvalue weighted by Gasteiger charge is -2.35. The van der Waals surface area contributed by atoms with Gasteiger partial charge in [0.25, 0.3) is 11.8 Å². The summed E-state index contributed by atoms with van der Waals surface area (Å²) >= 11 is 0. The van der Waals surface area contributed by atoms with Crippen LogP contribution in [0.25, 0.3) is 0 Å². The van der Waals surface area contributed by atoms with Gasteiger partial charge >= 0.3 is 6.18 Å². The Balaban J connectivity index is 1.23. The molecule has 0 radical (unpaired) electrons. The highest BCUT2D eigenvalue weighted by Gasteiger charge is 2.30. The predicted octanol–water partition coefficient (Wildman–Crippen LogP) is 4.43. The number of hydrogen-bond donors (Lipinski definition) is 1. The first-order valence-electron chi connectivity index (χ1n) is 11.8. The molecule has 0 aliphatic carbocycles. The van der Waals surface area contributed by atoms with Crippen molar-refractivity contribution in [3.8, 4) is 0 Å². The molecule has 0 spiro atoms. The van der Waals surface area contributed by atoms with Gasteiger partial charge in [-0.15, -0.1) is 0 Å². The molecule has 6 nitrogen and oxygen atoms in total. The van der Waals surface area contributed by atoms with Gasteiger partial charge in [-0.05, 0) is 54.8 Å². The summed E-state index contributed by atoms with van der Waals surface area (Å²) in [5.74, 6) is 0.238. The Bertz CT molecular complexity index is 1160. The molecule has 1 aromatic heterocycles. The van der Waals surface area contributed by atoms with Crippen LogP contribution in [-0.4, -0.2) is 54.4 Å². The highest BCUT2D eigenvalue weighted by Crippen LogP contribution is 2.29. The number of alkyl halides is 3. The van der Waals surface area contributed by atoms with Crippen LogP contribution in [0.2, 0.25) is 0 Å². The smallest absolute Gasteiger partial charge is 0.353 e. The normalized spacial score (nSPS) is 14.0. The van der Waals surface area contributed by atoms with E-state index in [1.807, 2.05) is 23.1 Å². The van der Waals surface area contributed by atoms with E-state index in [4.69, 9.17) is 0 Å². The van der Waals surface area contributed by atoms with Crippen molar-refractivity contribution >= 4 is 17.6 Å². The van der Waals surface area contributed by atoms with E-state index >= 15 is 0 Å². The Morgan fingerprint density at radius 3 is 2.14 bits per heavy atom. The number of amides is 2. The Labute approximate surface area is 207 Å². The molecule has 0 unspecified atom stereocenters. The number of pyridine rings is 1. The molecule has 9 heteroatoms. The second kappa shape index (κ2) is 11.2. The minimum Gasteiger partial charge on any atom is -0.353 e. The van der Waals surface area contributed by atoms with Gasteiger partial charge in [-0.3, -0.25) is 9.59 Å². The maximum absolute atomic E-state index is 12.7. The van der Waals surface area contributed by atoms with Crippen LogP contribution in [0, 0.1) is 0 Å². The molecule has 188 valence electrons. The molecule has 1 saturated heterocycles. The second-order valence-electron chi connectivity index (χ2n) is 8.60. The molecule has 2 amide bonds. The van der Waals surface area contributed by atoms with Gasteiger partial charge in [0.2, 0.25) is 0 Å². The summed E-state index contributed by atoms with van der Waals surface area (Å²) in [6.45, 7) is 2.48. The number of aromatic nitrogens is 1. The van der Waals surface area contributed by atoms with Crippen LogP contribution in [0.3, 0.4) is 0 Å². The fourth-order valence-corrected chi connectivity index (χ4v) is 4.07. The topological polar surface area (TPSA) is 65.5 Å². The summed E-state index contributed by atoms with van der Waals surface area (Å²) in [7, 11) is 0. The van der Waals surface area contributed by atoms with Crippen LogP contribution in [-0.2, 0) is 12.6 Å². The third kappa shape index (κ3) is 6.41. The van der Waals surface area contributed by atoms with E-state index in [1.54, 1.807) is 23.2 Å². The van der Waals surface area contributed by atoms with Crippen LogP contribution in [0.4, 0.5) is 19.0 Å². The van der Waals surface area contributed by atoms with Crippen molar-refractivity contribution in [2.45, 2.75) is 19.0 Å². The van der Waals surface area contributed by atoms with Gasteiger partial charge in [-0.25, -0.2) is 4.98 Å². The molecule has 0 bridgehead atoms. The van der Waals surface area contributed by atoms with E-state index in [0.29, 0.717) is 44.1 Å². The van der Waals surface area contributed by atoms with E-state index in [1.165, 1.54) is 17.7 Å². The van der Waals surface area contributed by atoms with Gasteiger partial charge in [-0.1, -0.05) is 30.3 Å². The molecule has 0 atom stereocenters. The number of carbonyl (C=O) groups is 2. The van der Waals surface area contributed by atoms with Crippen LogP contribution >= 0.6 is 0 Å². The van der Waals surface area contributed by atoms with Crippen molar-refractivity contribution in [1.29, 1.82) is 0 Å². The third-order valence-electron chi connectivity index (χ3n) is 6.13. The molecular weight excluding hydrogens is 469 g/mol. The Kier molecular flexibility index (Phi) is 7.87. The molecule has 1 aliphatic rings. The number of carbonyl (C=O) groups excluding carboxylic acids is 2. The van der Waals surface area contributed by atoms with E-state index in [0.717, 1.165) is 25.0 Å². The maximum Gasteiger partial charge on any atom is 0.416 e. The number of hydrogen-bond acceptors (Lipinski definition) is 4. The van der Waals surface area contributed by atoms with E-state index in [9.17, 15) is 22.8 Å². The fraction of sp³-hybridized carbons (Fsp3) is 0.296. The monoisotopic (exact) mass is 496 g/mol. The fourth-order valence-electron chi connectivity index (χ4n) is 4.07. The van der Waals surface area contributed by atoms with Crippen LogP contribution in [0.5, 0.6) is 0 Å². The van der Waals surface area contributed by atoms with Gasteiger partial charge < -0.3 is 15.1 Å². The van der Waals surface area contributed by atoms with Crippen LogP contribution < -0.4 is 10.2 Å². The van der Waals surface area contributed by atoms with Gasteiger partial charge in [0.15, 0.2) is 0 Å². The standard InChI is InChI=1S/C27H27F3N4O2/c28-27(29,30)23-11-8-21(9-12-23)26(36)34-17-15-33(16-18-34)24-13-10-22(19-32-24)25(35)31-14-4-7-20-5-2-1-3-6-20/h1-3,5-6,8-13,19H,4,7,14-18H2,(H,31,35). The summed E-state index contributed by atoms with van der Waals surface area (Å²) in [6.07, 6.45) is -1.15. The number of nitrogens with one attached hydrogen (secondary N) is 1. The zero-order valence-corrected chi connectivity index (χ0v) is 19.7. The summed E-state index contributed by atoms with van der Waals surface area (Å²) in [5.41, 5.74) is 1.17. The van der Waals surface area contributed by atoms with Crippen LogP contribution in [0.15, 0.2) is 72.9 Å². The number of rotatable bonds is 7. The molecule has 36 heavy (non-hydrogen) atoms. The number of piperazine rings is 1. The van der Waals surface area contributed by atoms with Crippen molar-refractivity contribution < 1.29 is 22.8 Å². The van der Waals surface area contributed by atoms with Crippen molar-refractivity contribution in [3.63, 3.8) is 0 Å². The largest absolute Gasteiger partial charge is 0.416 e.